The zero-order chi connectivity index (χ0) is 21.8. The molecule has 8 nitrogen and oxygen atoms in total. The number of pyridine rings is 1. The molecule has 31 heavy (non-hydrogen) atoms. The van der Waals surface area contributed by atoms with Gasteiger partial charge in [-0.1, -0.05) is 6.07 Å². The number of carbonyl (C=O) groups is 2. The average Bonchev–Trinajstić information content (AvgIpc) is 3.41. The van der Waals surface area contributed by atoms with Gasteiger partial charge in [0.2, 0.25) is 5.95 Å². The first-order chi connectivity index (χ1) is 15.1. The number of nitrogens with one attached hydrogen (secondary N) is 1. The van der Waals surface area contributed by atoms with Gasteiger partial charge < -0.3 is 9.64 Å². The number of benzene rings is 1. The minimum Gasteiger partial charge on any atom is -0.385 e. The van der Waals surface area contributed by atoms with E-state index in [4.69, 9.17) is 4.74 Å². The highest BCUT2D eigenvalue weighted by atomic mass is 19.1. The molecule has 1 N–H and O–H groups in total. The summed E-state index contributed by atoms with van der Waals surface area (Å²) in [6, 6.07) is 7.15. The van der Waals surface area contributed by atoms with E-state index in [1.54, 1.807) is 23.9 Å². The molecule has 4 rings (SSSR count). The Bertz CT molecular complexity index is 1110. The number of hydrogen-bond acceptors (Lipinski definition) is 5. The van der Waals surface area contributed by atoms with Gasteiger partial charge in [-0.15, -0.1) is 0 Å². The number of methoxy groups -OCH3 is 1. The van der Waals surface area contributed by atoms with E-state index in [1.807, 2.05) is 4.90 Å². The van der Waals surface area contributed by atoms with Crippen LogP contribution in [0.4, 0.5) is 10.3 Å². The number of hydrogen-bond donors (Lipinski definition) is 1. The van der Waals surface area contributed by atoms with Crippen LogP contribution in [0.15, 0.2) is 36.5 Å². The van der Waals surface area contributed by atoms with Crippen molar-refractivity contribution in [3.8, 4) is 0 Å². The number of imidazole rings is 1. The van der Waals surface area contributed by atoms with E-state index in [0.29, 0.717) is 42.2 Å². The maximum Gasteiger partial charge on any atom is 0.258 e. The van der Waals surface area contributed by atoms with Crippen LogP contribution >= 0.6 is 0 Å². The van der Waals surface area contributed by atoms with Crippen LogP contribution in [0.25, 0.3) is 11.2 Å². The predicted octanol–water partition coefficient (Wildman–Crippen LogP) is 3.10. The molecule has 0 spiro atoms. The molecule has 0 bridgehead atoms. The quantitative estimate of drug-likeness (QED) is 0.588. The zero-order valence-electron chi connectivity index (χ0n) is 17.3. The first kappa shape index (κ1) is 20.9. The highest BCUT2D eigenvalue weighted by molar-refractivity contribution is 6.04. The highest BCUT2D eigenvalue weighted by Crippen LogP contribution is 2.22. The third-order valence-corrected chi connectivity index (χ3v) is 5.27. The lowest BCUT2D eigenvalue weighted by atomic mass is 10.2. The van der Waals surface area contributed by atoms with Crippen LogP contribution in [0.3, 0.4) is 0 Å². The Morgan fingerprint density at radius 2 is 2.00 bits per heavy atom. The fraction of sp³-hybridized carbons (Fsp3) is 0.364. The van der Waals surface area contributed by atoms with Gasteiger partial charge >= 0.3 is 0 Å². The molecule has 2 aromatic heterocycles. The van der Waals surface area contributed by atoms with Gasteiger partial charge in [0, 0.05) is 45.1 Å². The van der Waals surface area contributed by atoms with Crippen molar-refractivity contribution < 1.29 is 18.7 Å². The monoisotopic (exact) mass is 425 g/mol. The van der Waals surface area contributed by atoms with Crippen LogP contribution in [-0.4, -0.2) is 58.1 Å². The van der Waals surface area contributed by atoms with E-state index in [-0.39, 0.29) is 11.5 Å². The molecular weight excluding hydrogens is 401 g/mol. The molecule has 3 heterocycles. The second-order valence-corrected chi connectivity index (χ2v) is 7.46. The number of aromatic nitrogens is 3. The number of nitrogens with zero attached hydrogens (tertiary/aromatic N) is 4. The Kier molecular flexibility index (Phi) is 6.22. The molecule has 1 saturated heterocycles. The van der Waals surface area contributed by atoms with Gasteiger partial charge in [-0.05, 0) is 43.5 Å². The summed E-state index contributed by atoms with van der Waals surface area (Å²) in [5.41, 5.74) is 1.73. The maximum absolute atomic E-state index is 13.5. The highest BCUT2D eigenvalue weighted by Gasteiger charge is 2.22. The number of likely N-dealkylation sites (tertiary alicyclic amines) is 1. The number of carbonyl (C=O) groups excluding carboxylic acids is 2. The third kappa shape index (κ3) is 4.56. The Balaban J connectivity index is 1.65. The Morgan fingerprint density at radius 3 is 2.74 bits per heavy atom. The van der Waals surface area contributed by atoms with Crippen molar-refractivity contribution in [2.45, 2.75) is 25.8 Å². The normalized spacial score (nSPS) is 13.7. The molecule has 1 aliphatic rings. The van der Waals surface area contributed by atoms with Crippen molar-refractivity contribution in [1.29, 1.82) is 0 Å². The van der Waals surface area contributed by atoms with Crippen molar-refractivity contribution in [2.75, 3.05) is 32.1 Å². The van der Waals surface area contributed by atoms with Crippen LogP contribution in [0, 0.1) is 5.82 Å². The molecule has 1 aromatic carbocycles. The molecular formula is C22H24FN5O3. The Hall–Kier alpha value is -3.33. The molecule has 3 aromatic rings. The lowest BCUT2D eigenvalue weighted by Gasteiger charge is -2.14. The SMILES string of the molecule is COCCCn1c(NC(=O)c2cccc(F)c2)nc2cc(C(=O)N3CCCC3)cnc21. The summed E-state index contributed by atoms with van der Waals surface area (Å²) in [6.07, 6.45) is 4.24. The molecule has 0 unspecified atom stereocenters. The van der Waals surface area contributed by atoms with E-state index in [1.165, 1.54) is 24.3 Å². The van der Waals surface area contributed by atoms with E-state index < -0.39 is 11.7 Å². The van der Waals surface area contributed by atoms with Gasteiger partial charge in [-0.3, -0.25) is 19.5 Å². The zero-order valence-corrected chi connectivity index (χ0v) is 17.3. The molecule has 162 valence electrons. The number of ether oxygens (including phenoxy) is 1. The molecule has 2 amide bonds. The minimum absolute atomic E-state index is 0.0637. The van der Waals surface area contributed by atoms with Crippen LogP contribution < -0.4 is 5.32 Å². The summed E-state index contributed by atoms with van der Waals surface area (Å²) in [5.74, 6) is -0.742. The van der Waals surface area contributed by atoms with Crippen molar-refractivity contribution in [3.63, 3.8) is 0 Å². The minimum atomic E-state index is -0.493. The fourth-order valence-corrected chi connectivity index (χ4v) is 3.71. The van der Waals surface area contributed by atoms with Gasteiger partial charge in [0.1, 0.15) is 11.3 Å². The summed E-state index contributed by atoms with van der Waals surface area (Å²) in [4.78, 5) is 36.1. The number of fused-ring (bicyclic) bond motifs is 1. The summed E-state index contributed by atoms with van der Waals surface area (Å²) >= 11 is 0. The average molecular weight is 425 g/mol. The fourth-order valence-electron chi connectivity index (χ4n) is 3.71. The van der Waals surface area contributed by atoms with Crippen molar-refractivity contribution in [3.05, 3.63) is 53.5 Å². The Labute approximate surface area is 179 Å². The lowest BCUT2D eigenvalue weighted by Crippen LogP contribution is -2.27. The smallest absolute Gasteiger partial charge is 0.258 e. The molecule has 0 atom stereocenters. The van der Waals surface area contributed by atoms with Gasteiger partial charge in [-0.25, -0.2) is 14.4 Å². The lowest BCUT2D eigenvalue weighted by molar-refractivity contribution is 0.0792. The maximum atomic E-state index is 13.5. The number of amides is 2. The summed E-state index contributed by atoms with van der Waals surface area (Å²) in [7, 11) is 1.62. The second-order valence-electron chi connectivity index (χ2n) is 7.46. The summed E-state index contributed by atoms with van der Waals surface area (Å²) in [6.45, 7) is 2.53. The van der Waals surface area contributed by atoms with E-state index >= 15 is 0 Å². The van der Waals surface area contributed by atoms with E-state index in [2.05, 4.69) is 15.3 Å². The van der Waals surface area contributed by atoms with Gasteiger partial charge in [0.25, 0.3) is 11.8 Å². The molecule has 0 aliphatic carbocycles. The number of anilines is 1. The van der Waals surface area contributed by atoms with Crippen LogP contribution in [0.1, 0.15) is 40.0 Å². The summed E-state index contributed by atoms with van der Waals surface area (Å²) < 4.78 is 20.4. The molecule has 1 aliphatic heterocycles. The number of aryl methyl sites for hydroxylation is 1. The predicted molar refractivity (Wildman–Crippen MR) is 114 cm³/mol. The van der Waals surface area contributed by atoms with Crippen molar-refractivity contribution >= 4 is 28.9 Å². The van der Waals surface area contributed by atoms with Crippen LogP contribution in [0.2, 0.25) is 0 Å². The summed E-state index contributed by atoms with van der Waals surface area (Å²) in [5, 5.41) is 2.74. The van der Waals surface area contributed by atoms with Gasteiger partial charge in [0.15, 0.2) is 5.65 Å². The van der Waals surface area contributed by atoms with E-state index in [9.17, 15) is 14.0 Å². The topological polar surface area (TPSA) is 89.3 Å². The number of rotatable bonds is 7. The van der Waals surface area contributed by atoms with E-state index in [0.717, 1.165) is 25.9 Å². The standard InChI is InChI=1S/C22H24FN5O3/c1-31-11-5-10-28-19-18(13-16(14-24-19)21(30)27-8-2-3-9-27)25-22(28)26-20(29)15-6-4-7-17(23)12-15/h4,6-7,12-14H,2-3,5,8-11H2,1H3,(H,25,26,29). The first-order valence-corrected chi connectivity index (χ1v) is 10.3. The van der Waals surface area contributed by atoms with Crippen LogP contribution in [0.5, 0.6) is 0 Å². The second kappa shape index (κ2) is 9.22. The van der Waals surface area contributed by atoms with Gasteiger partial charge in [0.05, 0.1) is 5.56 Å². The largest absolute Gasteiger partial charge is 0.385 e. The first-order valence-electron chi connectivity index (χ1n) is 10.3. The molecule has 9 heteroatoms. The molecule has 0 radical (unpaired) electrons. The van der Waals surface area contributed by atoms with Crippen LogP contribution in [-0.2, 0) is 11.3 Å². The Morgan fingerprint density at radius 1 is 1.19 bits per heavy atom. The molecule has 1 fully saturated rings. The molecule has 0 saturated carbocycles. The third-order valence-electron chi connectivity index (χ3n) is 5.27. The van der Waals surface area contributed by atoms with Crippen molar-refractivity contribution in [2.24, 2.45) is 0 Å². The van der Waals surface area contributed by atoms with Crippen molar-refractivity contribution in [1.82, 2.24) is 19.4 Å². The van der Waals surface area contributed by atoms with Gasteiger partial charge in [-0.2, -0.15) is 0 Å². The number of halogens is 1.